The van der Waals surface area contributed by atoms with Crippen LogP contribution < -0.4 is 5.56 Å². The fourth-order valence-electron chi connectivity index (χ4n) is 2.99. The number of aryl methyl sites for hydroxylation is 2. The van der Waals surface area contributed by atoms with Gasteiger partial charge in [-0.15, -0.1) is 0 Å². The van der Waals surface area contributed by atoms with Crippen LogP contribution in [0.25, 0.3) is 10.9 Å². The molecular formula is C19H24N2O. The largest absolute Gasteiger partial charge is 0.311 e. The number of nitrogens with zero attached hydrogens (tertiary/aromatic N) is 2. The Morgan fingerprint density at radius 3 is 2.32 bits per heavy atom. The maximum Gasteiger partial charge on any atom is 0.254 e. The Balaban J connectivity index is 2.76. The van der Waals surface area contributed by atoms with Gasteiger partial charge in [-0.05, 0) is 49.4 Å². The molecule has 0 radical (unpaired) electrons. The number of hydrogen-bond acceptors (Lipinski definition) is 2. The van der Waals surface area contributed by atoms with Gasteiger partial charge in [-0.2, -0.15) is 5.26 Å². The van der Waals surface area contributed by atoms with Gasteiger partial charge in [0.2, 0.25) is 0 Å². The first-order valence-electron chi connectivity index (χ1n) is 8.18. The number of nitriles is 1. The minimum atomic E-state index is 0.122. The van der Waals surface area contributed by atoms with E-state index in [1.807, 2.05) is 19.2 Å². The lowest BCUT2D eigenvalue weighted by molar-refractivity contribution is 0.740. The molecule has 0 aliphatic heterocycles. The molecule has 0 fully saturated rings. The van der Waals surface area contributed by atoms with Crippen LogP contribution >= 0.6 is 0 Å². The monoisotopic (exact) mass is 296 g/mol. The summed E-state index contributed by atoms with van der Waals surface area (Å²) in [6.07, 6.45) is 6.01. The molecule has 0 aliphatic rings. The first-order chi connectivity index (χ1) is 10.6. The third-order valence-corrected chi connectivity index (χ3v) is 4.30. The number of fused-ring (bicyclic) bond motifs is 1. The van der Waals surface area contributed by atoms with E-state index < -0.39 is 0 Å². The van der Waals surface area contributed by atoms with Crippen molar-refractivity contribution in [1.29, 1.82) is 5.26 Å². The molecule has 0 N–H and O–H groups in total. The Labute approximate surface area is 132 Å². The molecule has 3 heteroatoms. The van der Waals surface area contributed by atoms with Crippen LogP contribution in [0, 0.1) is 11.3 Å². The SMILES string of the molecule is CCCCc1c(CCCC)c2cc(C#N)ccc2n(C)c1=O. The van der Waals surface area contributed by atoms with E-state index in [1.165, 1.54) is 0 Å². The zero-order valence-electron chi connectivity index (χ0n) is 13.8. The van der Waals surface area contributed by atoms with E-state index in [1.54, 1.807) is 10.6 Å². The summed E-state index contributed by atoms with van der Waals surface area (Å²) in [7, 11) is 1.83. The van der Waals surface area contributed by atoms with Crippen molar-refractivity contribution in [2.24, 2.45) is 7.05 Å². The van der Waals surface area contributed by atoms with Crippen LogP contribution in [0.5, 0.6) is 0 Å². The molecule has 22 heavy (non-hydrogen) atoms. The van der Waals surface area contributed by atoms with Crippen molar-refractivity contribution in [3.63, 3.8) is 0 Å². The molecule has 1 aromatic heterocycles. The number of benzene rings is 1. The molecule has 0 unspecified atom stereocenters. The van der Waals surface area contributed by atoms with Gasteiger partial charge < -0.3 is 4.57 Å². The Bertz CT molecular complexity index is 766. The van der Waals surface area contributed by atoms with Crippen molar-refractivity contribution in [1.82, 2.24) is 4.57 Å². The molecule has 2 aromatic rings. The minimum Gasteiger partial charge on any atom is -0.311 e. The fourth-order valence-corrected chi connectivity index (χ4v) is 2.99. The van der Waals surface area contributed by atoms with Crippen LogP contribution in [-0.2, 0) is 19.9 Å². The summed E-state index contributed by atoms with van der Waals surface area (Å²) in [6, 6.07) is 7.84. The molecule has 1 aromatic carbocycles. The molecule has 1 heterocycles. The Morgan fingerprint density at radius 1 is 1.09 bits per heavy atom. The molecule has 116 valence electrons. The molecule has 0 atom stereocenters. The Kier molecular flexibility index (Phi) is 5.38. The van der Waals surface area contributed by atoms with Gasteiger partial charge in [0.25, 0.3) is 5.56 Å². The Morgan fingerprint density at radius 2 is 1.73 bits per heavy atom. The molecule has 0 aliphatic carbocycles. The van der Waals surface area contributed by atoms with Gasteiger partial charge in [0.1, 0.15) is 0 Å². The number of unbranched alkanes of at least 4 members (excludes halogenated alkanes) is 2. The number of pyridine rings is 1. The van der Waals surface area contributed by atoms with E-state index in [0.29, 0.717) is 5.56 Å². The fraction of sp³-hybridized carbons (Fsp3) is 0.474. The zero-order valence-corrected chi connectivity index (χ0v) is 13.8. The lowest BCUT2D eigenvalue weighted by Crippen LogP contribution is -2.24. The van der Waals surface area contributed by atoms with Crippen LogP contribution in [0.15, 0.2) is 23.0 Å². The first-order valence-corrected chi connectivity index (χ1v) is 8.18. The highest BCUT2D eigenvalue weighted by molar-refractivity contribution is 5.85. The summed E-state index contributed by atoms with van der Waals surface area (Å²) in [4.78, 5) is 12.7. The van der Waals surface area contributed by atoms with Crippen LogP contribution in [0.3, 0.4) is 0 Å². The molecule has 0 bridgehead atoms. The highest BCUT2D eigenvalue weighted by atomic mass is 16.1. The van der Waals surface area contributed by atoms with Gasteiger partial charge in [0.05, 0.1) is 17.1 Å². The van der Waals surface area contributed by atoms with E-state index in [0.717, 1.165) is 60.6 Å². The minimum absolute atomic E-state index is 0.122. The molecule has 0 saturated heterocycles. The lowest BCUT2D eigenvalue weighted by Gasteiger charge is -2.16. The molecular weight excluding hydrogens is 272 g/mol. The quantitative estimate of drug-likeness (QED) is 0.805. The van der Waals surface area contributed by atoms with Gasteiger partial charge in [-0.3, -0.25) is 4.79 Å². The summed E-state index contributed by atoms with van der Waals surface area (Å²) in [6.45, 7) is 4.31. The average Bonchev–Trinajstić information content (AvgIpc) is 2.55. The van der Waals surface area contributed by atoms with Crippen LogP contribution in [0.2, 0.25) is 0 Å². The Hall–Kier alpha value is -2.08. The highest BCUT2D eigenvalue weighted by Gasteiger charge is 2.15. The zero-order chi connectivity index (χ0) is 16.1. The van der Waals surface area contributed by atoms with E-state index in [2.05, 4.69) is 19.9 Å². The summed E-state index contributed by atoms with van der Waals surface area (Å²) in [5, 5.41) is 10.3. The second kappa shape index (κ2) is 7.26. The second-order valence-corrected chi connectivity index (χ2v) is 5.87. The predicted octanol–water partition coefficient (Wildman–Crippen LogP) is 4.10. The van der Waals surface area contributed by atoms with E-state index in [9.17, 15) is 10.1 Å². The number of aromatic nitrogens is 1. The molecule has 2 rings (SSSR count). The topological polar surface area (TPSA) is 45.8 Å². The van der Waals surface area contributed by atoms with Gasteiger partial charge in [-0.1, -0.05) is 26.7 Å². The van der Waals surface area contributed by atoms with Crippen molar-refractivity contribution in [2.45, 2.75) is 52.4 Å². The number of hydrogen-bond donors (Lipinski definition) is 0. The number of rotatable bonds is 6. The molecule has 0 spiro atoms. The molecule has 0 amide bonds. The smallest absolute Gasteiger partial charge is 0.254 e. The van der Waals surface area contributed by atoms with Crippen LogP contribution in [0.4, 0.5) is 0 Å². The summed E-state index contributed by atoms with van der Waals surface area (Å²) in [5.41, 5.74) is 3.81. The highest BCUT2D eigenvalue weighted by Crippen LogP contribution is 2.24. The van der Waals surface area contributed by atoms with Gasteiger partial charge in [0, 0.05) is 18.0 Å². The molecule has 0 saturated carbocycles. The van der Waals surface area contributed by atoms with Crippen molar-refractivity contribution < 1.29 is 0 Å². The standard InChI is InChI=1S/C19H24N2O/c1-4-6-8-15-16(9-7-5-2)19(22)21(3)18-11-10-14(13-20)12-17(15)18/h10-12H,4-9H2,1-3H3. The lowest BCUT2D eigenvalue weighted by atomic mass is 9.94. The van der Waals surface area contributed by atoms with Crippen molar-refractivity contribution >= 4 is 10.9 Å². The van der Waals surface area contributed by atoms with Crippen molar-refractivity contribution in [2.75, 3.05) is 0 Å². The predicted molar refractivity (Wildman–Crippen MR) is 91.1 cm³/mol. The van der Waals surface area contributed by atoms with Crippen LogP contribution in [-0.4, -0.2) is 4.57 Å². The van der Waals surface area contributed by atoms with E-state index in [-0.39, 0.29) is 5.56 Å². The van der Waals surface area contributed by atoms with E-state index >= 15 is 0 Å². The summed E-state index contributed by atoms with van der Waals surface area (Å²) < 4.78 is 1.73. The third-order valence-electron chi connectivity index (χ3n) is 4.30. The van der Waals surface area contributed by atoms with Crippen molar-refractivity contribution in [3.05, 3.63) is 45.2 Å². The average molecular weight is 296 g/mol. The third kappa shape index (κ3) is 3.06. The second-order valence-electron chi connectivity index (χ2n) is 5.87. The maximum atomic E-state index is 12.7. The molecule has 3 nitrogen and oxygen atoms in total. The van der Waals surface area contributed by atoms with Gasteiger partial charge in [-0.25, -0.2) is 0 Å². The normalized spacial score (nSPS) is 10.8. The summed E-state index contributed by atoms with van der Waals surface area (Å²) >= 11 is 0. The van der Waals surface area contributed by atoms with Gasteiger partial charge >= 0.3 is 0 Å². The van der Waals surface area contributed by atoms with Crippen molar-refractivity contribution in [3.8, 4) is 6.07 Å². The van der Waals surface area contributed by atoms with E-state index in [4.69, 9.17) is 0 Å². The first kappa shape index (κ1) is 16.3. The van der Waals surface area contributed by atoms with Gasteiger partial charge in [0.15, 0.2) is 0 Å². The maximum absolute atomic E-state index is 12.7. The summed E-state index contributed by atoms with van der Waals surface area (Å²) in [5.74, 6) is 0. The van der Waals surface area contributed by atoms with Crippen LogP contribution in [0.1, 0.15) is 56.2 Å².